The Morgan fingerprint density at radius 2 is 1.77 bits per heavy atom. The Bertz CT molecular complexity index is 1150. The second-order valence-electron chi connectivity index (χ2n) is 8.41. The molecule has 35 heavy (non-hydrogen) atoms. The molecule has 0 aliphatic carbocycles. The van der Waals surface area contributed by atoms with Gasteiger partial charge < -0.3 is 20.4 Å². The van der Waals surface area contributed by atoms with Crippen molar-refractivity contribution in [2.75, 3.05) is 18.4 Å². The zero-order valence-electron chi connectivity index (χ0n) is 18.3. The number of likely N-dealkylation sites (tertiary alicyclic amines) is 1. The van der Waals surface area contributed by atoms with Gasteiger partial charge in [-0.15, -0.1) is 0 Å². The van der Waals surface area contributed by atoms with Crippen molar-refractivity contribution in [3.63, 3.8) is 0 Å². The van der Waals surface area contributed by atoms with Gasteiger partial charge in [-0.3, -0.25) is 4.79 Å². The van der Waals surface area contributed by atoms with Crippen molar-refractivity contribution in [1.29, 1.82) is 0 Å². The van der Waals surface area contributed by atoms with E-state index in [0.29, 0.717) is 30.8 Å². The lowest BCUT2D eigenvalue weighted by Gasteiger charge is -2.37. The van der Waals surface area contributed by atoms with E-state index in [2.05, 4.69) is 15.8 Å². The van der Waals surface area contributed by atoms with Crippen molar-refractivity contribution in [1.82, 2.24) is 10.2 Å². The third kappa shape index (κ3) is 5.99. The zero-order valence-corrected chi connectivity index (χ0v) is 19.8. The van der Waals surface area contributed by atoms with Crippen LogP contribution in [0, 0.1) is 0 Å². The van der Waals surface area contributed by atoms with E-state index in [-0.39, 0.29) is 35.4 Å². The third-order valence-electron chi connectivity index (χ3n) is 5.96. The molecule has 0 unspecified atom stereocenters. The molecule has 1 saturated heterocycles. The first-order chi connectivity index (χ1) is 16.5. The van der Waals surface area contributed by atoms with Gasteiger partial charge in [-0.2, -0.15) is 13.2 Å². The average Bonchev–Trinajstić information content (AvgIpc) is 3.23. The topological polar surface area (TPSA) is 83.0 Å². The summed E-state index contributed by atoms with van der Waals surface area (Å²) in [4.78, 5) is 32.2. The number of urea groups is 1. The van der Waals surface area contributed by atoms with Crippen molar-refractivity contribution in [3.8, 4) is 0 Å². The van der Waals surface area contributed by atoms with Gasteiger partial charge >= 0.3 is 12.2 Å². The number of hydrogen-bond donors (Lipinski definition) is 2. The number of hydrogen-bond acceptors (Lipinski definition) is 4. The number of amides is 3. The molecule has 2 N–H and O–H groups in total. The molecule has 2 heterocycles. The summed E-state index contributed by atoms with van der Waals surface area (Å²) in [6, 6.07) is 9.26. The minimum absolute atomic E-state index is 0.00149. The molecular formula is C23H21Cl2F3N4O3. The van der Waals surface area contributed by atoms with Crippen molar-refractivity contribution in [2.45, 2.75) is 37.6 Å². The summed E-state index contributed by atoms with van der Waals surface area (Å²) in [5, 5.41) is 9.81. The Kier molecular flexibility index (Phi) is 7.14. The van der Waals surface area contributed by atoms with Crippen LogP contribution in [0.2, 0.25) is 10.0 Å². The normalized spacial score (nSPS) is 17.1. The Labute approximate surface area is 209 Å². The van der Waals surface area contributed by atoms with Gasteiger partial charge in [0, 0.05) is 43.9 Å². The van der Waals surface area contributed by atoms with E-state index in [1.54, 1.807) is 12.1 Å². The van der Waals surface area contributed by atoms with Gasteiger partial charge in [-0.25, -0.2) is 4.79 Å². The summed E-state index contributed by atoms with van der Waals surface area (Å²) in [7, 11) is 0. The van der Waals surface area contributed by atoms with Crippen LogP contribution < -0.4 is 10.6 Å². The van der Waals surface area contributed by atoms with Crippen LogP contribution in [0.3, 0.4) is 0 Å². The number of carbonyl (C=O) groups is 2. The molecule has 0 saturated carbocycles. The summed E-state index contributed by atoms with van der Waals surface area (Å²) < 4.78 is 38.9. The highest BCUT2D eigenvalue weighted by molar-refractivity contribution is 6.39. The first-order valence-corrected chi connectivity index (χ1v) is 11.5. The number of piperidine rings is 1. The van der Waals surface area contributed by atoms with Gasteiger partial charge in [0.05, 0.1) is 16.3 Å². The zero-order chi connectivity index (χ0) is 25.2. The molecule has 4 rings (SSSR count). The van der Waals surface area contributed by atoms with Crippen LogP contribution in [0.4, 0.5) is 23.7 Å². The maximum absolute atomic E-state index is 13.0. The molecule has 186 valence electrons. The van der Waals surface area contributed by atoms with E-state index in [4.69, 9.17) is 28.0 Å². The maximum atomic E-state index is 13.0. The quantitative estimate of drug-likeness (QED) is 0.551. The standard InChI is InChI=1S/C23H21Cl2F3N4O3/c24-16-4-1-14(2-5-16)13-29-20(33)19-12-22(35-31-19)7-9-32(10-8-22)21(34)30-18-11-15(23(26,27)28)3-6-17(18)25/h1-6,11H,7-10,12-13H2,(H,29,33)(H,30,34). The van der Waals surface area contributed by atoms with Crippen molar-refractivity contribution in [3.05, 3.63) is 63.6 Å². The van der Waals surface area contributed by atoms with Crippen molar-refractivity contribution >= 4 is 46.5 Å². The highest BCUT2D eigenvalue weighted by Gasteiger charge is 2.44. The maximum Gasteiger partial charge on any atom is 0.416 e. The van der Waals surface area contributed by atoms with E-state index in [0.717, 1.165) is 23.8 Å². The summed E-state index contributed by atoms with van der Waals surface area (Å²) in [6.07, 6.45) is -3.43. The molecule has 2 aromatic carbocycles. The highest BCUT2D eigenvalue weighted by atomic mass is 35.5. The fourth-order valence-electron chi connectivity index (χ4n) is 3.91. The summed E-state index contributed by atoms with van der Waals surface area (Å²) in [6.45, 7) is 0.864. The van der Waals surface area contributed by atoms with Crippen LogP contribution in [0.25, 0.3) is 0 Å². The monoisotopic (exact) mass is 528 g/mol. The van der Waals surface area contributed by atoms with Crippen LogP contribution in [0.15, 0.2) is 47.6 Å². The molecule has 3 amide bonds. The number of alkyl halides is 3. The molecule has 2 aromatic rings. The molecule has 0 atom stereocenters. The lowest BCUT2D eigenvalue weighted by molar-refractivity contribution is -0.137. The predicted octanol–water partition coefficient (Wildman–Crippen LogP) is 5.47. The Balaban J connectivity index is 1.28. The Hall–Kier alpha value is -2.98. The Morgan fingerprint density at radius 1 is 1.09 bits per heavy atom. The lowest BCUT2D eigenvalue weighted by atomic mass is 9.87. The summed E-state index contributed by atoms with van der Waals surface area (Å²) in [5.74, 6) is -0.337. The number of oxime groups is 1. The smallest absolute Gasteiger partial charge is 0.388 e. The van der Waals surface area contributed by atoms with E-state index in [1.807, 2.05) is 12.1 Å². The molecule has 7 nitrogen and oxygen atoms in total. The van der Waals surface area contributed by atoms with Crippen LogP contribution in [0.1, 0.15) is 30.4 Å². The van der Waals surface area contributed by atoms with Crippen LogP contribution in [0.5, 0.6) is 0 Å². The summed E-state index contributed by atoms with van der Waals surface area (Å²) in [5.41, 5.74) is -0.567. The van der Waals surface area contributed by atoms with Gasteiger partial charge in [0.25, 0.3) is 5.91 Å². The van der Waals surface area contributed by atoms with Gasteiger partial charge in [0.2, 0.25) is 0 Å². The fourth-order valence-corrected chi connectivity index (χ4v) is 4.20. The molecular weight excluding hydrogens is 508 g/mol. The minimum Gasteiger partial charge on any atom is -0.388 e. The van der Waals surface area contributed by atoms with E-state index < -0.39 is 23.4 Å². The molecule has 2 aliphatic heterocycles. The average molecular weight is 529 g/mol. The van der Waals surface area contributed by atoms with E-state index in [1.165, 1.54) is 4.90 Å². The lowest BCUT2D eigenvalue weighted by Crippen LogP contribution is -2.48. The number of nitrogens with zero attached hydrogens (tertiary/aromatic N) is 2. The third-order valence-corrected chi connectivity index (χ3v) is 6.55. The first-order valence-electron chi connectivity index (χ1n) is 10.8. The number of carbonyl (C=O) groups excluding carboxylic acids is 2. The van der Waals surface area contributed by atoms with Crippen LogP contribution >= 0.6 is 23.2 Å². The fraction of sp³-hybridized carbons (Fsp3) is 0.348. The molecule has 0 aromatic heterocycles. The molecule has 1 fully saturated rings. The van der Waals surface area contributed by atoms with Crippen LogP contribution in [-0.2, 0) is 22.4 Å². The van der Waals surface area contributed by atoms with Crippen molar-refractivity contribution < 1.29 is 27.6 Å². The van der Waals surface area contributed by atoms with E-state index in [9.17, 15) is 22.8 Å². The highest BCUT2D eigenvalue weighted by Crippen LogP contribution is 2.36. The van der Waals surface area contributed by atoms with E-state index >= 15 is 0 Å². The number of anilines is 1. The predicted molar refractivity (Wildman–Crippen MR) is 125 cm³/mol. The second kappa shape index (κ2) is 9.94. The first kappa shape index (κ1) is 25.1. The number of benzene rings is 2. The van der Waals surface area contributed by atoms with Gasteiger partial charge in [0.1, 0.15) is 11.3 Å². The SMILES string of the molecule is O=C(NCc1ccc(Cl)cc1)C1=NOC2(CCN(C(=O)Nc3cc(C(F)(F)F)ccc3Cl)CC2)C1. The minimum atomic E-state index is -4.56. The Morgan fingerprint density at radius 3 is 2.43 bits per heavy atom. The molecule has 0 radical (unpaired) electrons. The molecule has 2 aliphatic rings. The van der Waals surface area contributed by atoms with Gasteiger partial charge in [-0.1, -0.05) is 40.5 Å². The van der Waals surface area contributed by atoms with Gasteiger partial charge in [-0.05, 0) is 35.9 Å². The number of halogens is 5. The van der Waals surface area contributed by atoms with Crippen molar-refractivity contribution in [2.24, 2.45) is 5.16 Å². The van der Waals surface area contributed by atoms with Gasteiger partial charge in [0.15, 0.2) is 0 Å². The molecule has 0 bridgehead atoms. The molecule has 1 spiro atoms. The summed E-state index contributed by atoms with van der Waals surface area (Å²) >= 11 is 11.8. The number of nitrogens with one attached hydrogen (secondary N) is 2. The largest absolute Gasteiger partial charge is 0.416 e. The molecule has 12 heteroatoms. The second-order valence-corrected chi connectivity index (χ2v) is 9.25. The number of rotatable bonds is 4. The van der Waals surface area contributed by atoms with Crippen LogP contribution in [-0.4, -0.2) is 41.2 Å².